The Balaban J connectivity index is 2.08. The second-order valence-electron chi connectivity index (χ2n) is 4.39. The molecular formula is C13H17NO4. The minimum absolute atomic E-state index is 0.266. The average molecular weight is 251 g/mol. The molecule has 0 amide bonds. The quantitative estimate of drug-likeness (QED) is 0.832. The molecule has 18 heavy (non-hydrogen) atoms. The van der Waals surface area contributed by atoms with Crippen LogP contribution in [0.2, 0.25) is 0 Å². The van der Waals surface area contributed by atoms with Gasteiger partial charge in [-0.3, -0.25) is 0 Å². The topological polar surface area (TPSA) is 67.8 Å². The van der Waals surface area contributed by atoms with Crippen LogP contribution >= 0.6 is 0 Å². The predicted molar refractivity (Wildman–Crippen MR) is 67.1 cm³/mol. The normalized spacial score (nSPS) is 22.9. The predicted octanol–water partition coefficient (Wildman–Crippen LogP) is 1.60. The minimum atomic E-state index is -0.938. The van der Waals surface area contributed by atoms with Gasteiger partial charge in [-0.15, -0.1) is 0 Å². The molecule has 1 unspecified atom stereocenters. The molecule has 2 N–H and O–H groups in total. The zero-order valence-corrected chi connectivity index (χ0v) is 10.3. The first kappa shape index (κ1) is 12.9. The number of para-hydroxylation sites is 1. The molecule has 0 aliphatic carbocycles. The first-order chi connectivity index (χ1) is 8.67. The van der Waals surface area contributed by atoms with Gasteiger partial charge in [-0.25, -0.2) is 4.79 Å². The van der Waals surface area contributed by atoms with Crippen molar-refractivity contribution in [2.75, 3.05) is 32.2 Å². The Morgan fingerprint density at radius 3 is 2.94 bits per heavy atom. The van der Waals surface area contributed by atoms with E-state index in [9.17, 15) is 4.79 Å². The fourth-order valence-electron chi connectivity index (χ4n) is 2.04. The molecule has 5 heteroatoms. The van der Waals surface area contributed by atoms with E-state index in [1.54, 1.807) is 31.4 Å². The third-order valence-electron chi connectivity index (χ3n) is 3.26. The molecule has 98 valence electrons. The summed E-state index contributed by atoms with van der Waals surface area (Å²) in [7, 11) is 1.65. The fraction of sp³-hybridized carbons (Fsp3) is 0.462. The maximum absolute atomic E-state index is 11.1. The number of hydrogen-bond donors (Lipinski definition) is 2. The van der Waals surface area contributed by atoms with E-state index < -0.39 is 5.97 Å². The summed E-state index contributed by atoms with van der Waals surface area (Å²) in [4.78, 5) is 11.1. The number of nitrogens with one attached hydrogen (secondary N) is 1. The Kier molecular flexibility index (Phi) is 3.84. The van der Waals surface area contributed by atoms with Gasteiger partial charge in [-0.2, -0.15) is 0 Å². The van der Waals surface area contributed by atoms with Crippen LogP contribution in [0, 0.1) is 0 Å². The van der Waals surface area contributed by atoms with Crippen LogP contribution in [-0.2, 0) is 9.47 Å². The Morgan fingerprint density at radius 1 is 1.56 bits per heavy atom. The van der Waals surface area contributed by atoms with E-state index in [1.165, 1.54) is 0 Å². The van der Waals surface area contributed by atoms with Gasteiger partial charge >= 0.3 is 5.97 Å². The number of rotatable bonds is 5. The van der Waals surface area contributed by atoms with Crippen LogP contribution in [0.5, 0.6) is 0 Å². The van der Waals surface area contributed by atoms with Gasteiger partial charge in [0.15, 0.2) is 0 Å². The summed E-state index contributed by atoms with van der Waals surface area (Å²) in [6.45, 7) is 1.75. The van der Waals surface area contributed by atoms with E-state index in [0.29, 0.717) is 25.4 Å². The molecule has 0 spiro atoms. The highest BCUT2D eigenvalue weighted by atomic mass is 16.5. The first-order valence-corrected chi connectivity index (χ1v) is 5.86. The highest BCUT2D eigenvalue weighted by Crippen LogP contribution is 2.24. The Hall–Kier alpha value is -1.59. The molecule has 1 aromatic carbocycles. The van der Waals surface area contributed by atoms with Gasteiger partial charge < -0.3 is 19.9 Å². The summed E-state index contributed by atoms with van der Waals surface area (Å²) < 4.78 is 10.8. The van der Waals surface area contributed by atoms with Gasteiger partial charge in [-0.1, -0.05) is 12.1 Å². The number of methoxy groups -OCH3 is 1. The van der Waals surface area contributed by atoms with Crippen LogP contribution < -0.4 is 5.32 Å². The zero-order valence-electron chi connectivity index (χ0n) is 10.3. The molecule has 1 aliphatic rings. The number of carbonyl (C=O) groups is 1. The van der Waals surface area contributed by atoms with E-state index >= 15 is 0 Å². The van der Waals surface area contributed by atoms with Crippen molar-refractivity contribution < 1.29 is 19.4 Å². The molecular weight excluding hydrogens is 234 g/mol. The molecule has 1 heterocycles. The Bertz CT molecular complexity index is 427. The number of benzene rings is 1. The lowest BCUT2D eigenvalue weighted by Gasteiger charge is -2.26. The number of anilines is 1. The van der Waals surface area contributed by atoms with Crippen LogP contribution in [0.1, 0.15) is 16.8 Å². The van der Waals surface area contributed by atoms with Gasteiger partial charge in [0.25, 0.3) is 0 Å². The first-order valence-electron chi connectivity index (χ1n) is 5.86. The van der Waals surface area contributed by atoms with Gasteiger partial charge in [0, 0.05) is 32.4 Å². The van der Waals surface area contributed by atoms with Crippen LogP contribution in [0.3, 0.4) is 0 Å². The summed E-state index contributed by atoms with van der Waals surface area (Å²) in [5.41, 5.74) is 0.516. The lowest BCUT2D eigenvalue weighted by atomic mass is 10.0. The molecule has 1 saturated heterocycles. The second kappa shape index (κ2) is 5.37. The van der Waals surface area contributed by atoms with E-state index in [0.717, 1.165) is 6.42 Å². The van der Waals surface area contributed by atoms with Crippen molar-refractivity contribution in [3.05, 3.63) is 29.8 Å². The largest absolute Gasteiger partial charge is 0.478 e. The maximum Gasteiger partial charge on any atom is 0.337 e. The maximum atomic E-state index is 11.1. The van der Waals surface area contributed by atoms with Gasteiger partial charge in [0.2, 0.25) is 0 Å². The van der Waals surface area contributed by atoms with Crippen LogP contribution in [0.25, 0.3) is 0 Å². The van der Waals surface area contributed by atoms with Crippen molar-refractivity contribution in [3.63, 3.8) is 0 Å². The molecule has 2 rings (SSSR count). The molecule has 0 aromatic heterocycles. The molecule has 5 nitrogen and oxygen atoms in total. The minimum Gasteiger partial charge on any atom is -0.478 e. The lowest BCUT2D eigenvalue weighted by Crippen LogP contribution is -2.39. The second-order valence-corrected chi connectivity index (χ2v) is 4.39. The number of carboxylic acids is 1. The average Bonchev–Trinajstić information content (AvgIpc) is 2.86. The van der Waals surface area contributed by atoms with Crippen molar-refractivity contribution in [1.82, 2.24) is 0 Å². The van der Waals surface area contributed by atoms with E-state index in [2.05, 4.69) is 5.32 Å². The molecule has 1 fully saturated rings. The number of aromatic carboxylic acids is 1. The third kappa shape index (κ3) is 2.63. The summed E-state index contributed by atoms with van der Waals surface area (Å²) in [6, 6.07) is 6.84. The third-order valence-corrected chi connectivity index (χ3v) is 3.26. The van der Waals surface area contributed by atoms with Crippen molar-refractivity contribution in [2.45, 2.75) is 12.0 Å². The van der Waals surface area contributed by atoms with Crippen LogP contribution in [-0.4, -0.2) is 43.5 Å². The summed E-state index contributed by atoms with van der Waals surface area (Å²) >= 11 is 0. The van der Waals surface area contributed by atoms with Crippen molar-refractivity contribution in [3.8, 4) is 0 Å². The Labute approximate surface area is 106 Å². The van der Waals surface area contributed by atoms with Crippen molar-refractivity contribution >= 4 is 11.7 Å². The molecule has 0 saturated carbocycles. The molecule has 1 atom stereocenters. The lowest BCUT2D eigenvalue weighted by molar-refractivity contribution is -0.00622. The molecule has 1 aromatic rings. The van der Waals surface area contributed by atoms with Crippen LogP contribution in [0.15, 0.2) is 24.3 Å². The summed E-state index contributed by atoms with van der Waals surface area (Å²) in [5, 5.41) is 12.2. The highest BCUT2D eigenvalue weighted by Gasteiger charge is 2.34. The molecule has 0 radical (unpaired) electrons. The fourth-order valence-corrected chi connectivity index (χ4v) is 2.04. The van der Waals surface area contributed by atoms with E-state index in [-0.39, 0.29) is 11.2 Å². The van der Waals surface area contributed by atoms with Crippen molar-refractivity contribution in [1.29, 1.82) is 0 Å². The zero-order chi connectivity index (χ0) is 13.0. The summed E-state index contributed by atoms with van der Waals surface area (Å²) in [5.74, 6) is -0.938. The SMILES string of the molecule is COC1(CNc2ccccc2C(=O)O)CCOC1. The van der Waals surface area contributed by atoms with Gasteiger partial charge in [0.1, 0.15) is 5.60 Å². The number of hydrogen-bond acceptors (Lipinski definition) is 4. The smallest absolute Gasteiger partial charge is 0.337 e. The Morgan fingerprint density at radius 2 is 2.33 bits per heavy atom. The van der Waals surface area contributed by atoms with Crippen molar-refractivity contribution in [2.24, 2.45) is 0 Å². The number of carboxylic acid groups (broad SMARTS) is 1. The van der Waals surface area contributed by atoms with E-state index in [4.69, 9.17) is 14.6 Å². The summed E-state index contributed by atoms with van der Waals surface area (Å²) in [6.07, 6.45) is 0.811. The highest BCUT2D eigenvalue weighted by molar-refractivity contribution is 5.94. The number of ether oxygens (including phenoxy) is 2. The molecule has 1 aliphatic heterocycles. The monoisotopic (exact) mass is 251 g/mol. The van der Waals surface area contributed by atoms with E-state index in [1.807, 2.05) is 0 Å². The molecule has 0 bridgehead atoms. The van der Waals surface area contributed by atoms with Gasteiger partial charge in [-0.05, 0) is 12.1 Å². The van der Waals surface area contributed by atoms with Gasteiger partial charge in [0.05, 0.1) is 12.2 Å². The van der Waals surface area contributed by atoms with Crippen LogP contribution in [0.4, 0.5) is 5.69 Å². The standard InChI is InChI=1S/C13H17NO4/c1-17-13(6-7-18-9-13)8-14-11-5-3-2-4-10(11)12(15)16/h2-5,14H,6-9H2,1H3,(H,15,16).